The molecule has 6 rings (SSSR count). The van der Waals surface area contributed by atoms with Crippen LogP contribution in [0.25, 0.3) is 0 Å². The van der Waals surface area contributed by atoms with Crippen LogP contribution in [0.5, 0.6) is 0 Å². The zero-order valence-corrected chi connectivity index (χ0v) is 21.5. The summed E-state index contributed by atoms with van der Waals surface area (Å²) in [7, 11) is 0. The molecular formula is C28H16Cl4N2O2. The van der Waals surface area contributed by atoms with Crippen molar-refractivity contribution in [1.82, 2.24) is 0 Å². The van der Waals surface area contributed by atoms with Crippen LogP contribution in [0.4, 0.5) is 11.4 Å². The summed E-state index contributed by atoms with van der Waals surface area (Å²) in [6.07, 6.45) is 0. The zero-order valence-electron chi connectivity index (χ0n) is 18.5. The maximum absolute atomic E-state index is 13.9. The third-order valence-corrected chi connectivity index (χ3v) is 7.97. The predicted molar refractivity (Wildman–Crippen MR) is 145 cm³/mol. The predicted octanol–water partition coefficient (Wildman–Crippen LogP) is 8.40. The molecule has 2 atom stereocenters. The number of nitrogens with zero attached hydrogens (tertiary/aromatic N) is 2. The van der Waals surface area contributed by atoms with E-state index in [0.29, 0.717) is 53.7 Å². The molecule has 2 amide bonds. The summed E-state index contributed by atoms with van der Waals surface area (Å²) < 4.78 is 0. The van der Waals surface area contributed by atoms with Crippen molar-refractivity contribution in [2.75, 3.05) is 9.80 Å². The molecule has 178 valence electrons. The van der Waals surface area contributed by atoms with Crippen molar-refractivity contribution in [2.45, 2.75) is 12.1 Å². The second-order valence-corrected chi connectivity index (χ2v) is 10.2. The smallest absolute Gasteiger partial charge is 0.259 e. The summed E-state index contributed by atoms with van der Waals surface area (Å²) in [6.45, 7) is 0. The third kappa shape index (κ3) is 3.36. The molecule has 2 heterocycles. The number of anilines is 2. The average Bonchev–Trinajstić information content (AvgIpc) is 3.32. The van der Waals surface area contributed by atoms with Crippen molar-refractivity contribution in [3.05, 3.63) is 127 Å². The molecule has 2 aliphatic heterocycles. The number of fused-ring (bicyclic) bond motifs is 2. The van der Waals surface area contributed by atoms with Gasteiger partial charge in [-0.15, -0.1) is 0 Å². The molecule has 4 aromatic carbocycles. The summed E-state index contributed by atoms with van der Waals surface area (Å²) in [5, 5.41) is 1.61. The van der Waals surface area contributed by atoms with Crippen LogP contribution in [0.15, 0.2) is 84.9 Å². The van der Waals surface area contributed by atoms with Crippen molar-refractivity contribution < 1.29 is 9.59 Å². The van der Waals surface area contributed by atoms with Crippen molar-refractivity contribution >= 4 is 69.6 Å². The first kappa shape index (κ1) is 23.4. The molecule has 0 spiro atoms. The molecule has 0 saturated carbocycles. The first-order chi connectivity index (χ1) is 17.4. The van der Waals surface area contributed by atoms with E-state index in [1.54, 1.807) is 82.6 Å². The molecule has 0 fully saturated rings. The Labute approximate surface area is 227 Å². The molecule has 0 aromatic heterocycles. The SMILES string of the molecule is O=C1c2cccc(Cl)c2C(C2c3c(Cl)cccc3C(=O)N2c2ccccc2Cl)N1c1ccccc1Cl. The first-order valence-corrected chi connectivity index (χ1v) is 12.6. The van der Waals surface area contributed by atoms with E-state index < -0.39 is 12.1 Å². The van der Waals surface area contributed by atoms with Gasteiger partial charge in [-0.25, -0.2) is 0 Å². The Kier molecular flexibility index (Phi) is 5.73. The van der Waals surface area contributed by atoms with Gasteiger partial charge in [0.2, 0.25) is 0 Å². The van der Waals surface area contributed by atoms with E-state index in [-0.39, 0.29) is 11.8 Å². The third-order valence-electron chi connectivity index (χ3n) is 6.68. The van der Waals surface area contributed by atoms with Gasteiger partial charge >= 0.3 is 0 Å². The topological polar surface area (TPSA) is 40.6 Å². The molecule has 4 aromatic rings. The van der Waals surface area contributed by atoms with Crippen molar-refractivity contribution in [2.24, 2.45) is 0 Å². The molecular weight excluding hydrogens is 538 g/mol. The highest BCUT2D eigenvalue weighted by Gasteiger charge is 2.52. The summed E-state index contributed by atoms with van der Waals surface area (Å²) >= 11 is 26.7. The van der Waals surface area contributed by atoms with Gasteiger partial charge in [-0.2, -0.15) is 0 Å². The zero-order chi connectivity index (χ0) is 25.1. The number of carbonyl (C=O) groups excluding carboxylic acids is 2. The van der Waals surface area contributed by atoms with Crippen LogP contribution in [-0.2, 0) is 0 Å². The molecule has 0 radical (unpaired) electrons. The number of hydrogen-bond acceptors (Lipinski definition) is 2. The lowest BCUT2D eigenvalue weighted by Crippen LogP contribution is -2.39. The number of halogens is 4. The van der Waals surface area contributed by atoms with E-state index in [0.717, 1.165) is 0 Å². The lowest BCUT2D eigenvalue weighted by molar-refractivity contribution is 0.0966. The van der Waals surface area contributed by atoms with Gasteiger partial charge in [-0.3, -0.25) is 19.4 Å². The number of para-hydroxylation sites is 2. The Morgan fingerprint density at radius 3 is 1.22 bits per heavy atom. The standard InChI is InChI=1S/C28H16Cl4N2O2/c29-17-9-1-3-13-21(17)33-25(23-15(27(33)35)7-5-11-19(23)31)26-24-16(8-6-12-20(24)32)28(36)34(26)22-14-4-2-10-18(22)30/h1-14,25-26H. The molecule has 0 saturated heterocycles. The quantitative estimate of drug-likeness (QED) is 0.255. The number of carbonyl (C=O) groups is 2. The van der Waals surface area contributed by atoms with E-state index in [9.17, 15) is 9.59 Å². The van der Waals surface area contributed by atoms with Gasteiger partial charge in [-0.05, 0) is 48.5 Å². The molecule has 0 N–H and O–H groups in total. The van der Waals surface area contributed by atoms with Crippen molar-refractivity contribution in [1.29, 1.82) is 0 Å². The summed E-state index contributed by atoms with van der Waals surface area (Å²) in [6, 6.07) is 23.2. The number of benzene rings is 4. The van der Waals surface area contributed by atoms with E-state index >= 15 is 0 Å². The minimum absolute atomic E-state index is 0.266. The second-order valence-electron chi connectivity index (χ2n) is 8.54. The van der Waals surface area contributed by atoms with Crippen LogP contribution in [0, 0.1) is 0 Å². The second kappa shape index (κ2) is 8.82. The van der Waals surface area contributed by atoms with Crippen molar-refractivity contribution in [3.8, 4) is 0 Å². The average molecular weight is 554 g/mol. The molecule has 36 heavy (non-hydrogen) atoms. The Balaban J connectivity index is 1.68. The Morgan fingerprint density at radius 1 is 0.472 bits per heavy atom. The van der Waals surface area contributed by atoms with Crippen LogP contribution in [0.2, 0.25) is 20.1 Å². The van der Waals surface area contributed by atoms with E-state index in [1.807, 2.05) is 12.1 Å². The van der Waals surface area contributed by atoms with Crippen LogP contribution in [-0.4, -0.2) is 11.8 Å². The minimum atomic E-state index is -0.720. The van der Waals surface area contributed by atoms with Crippen molar-refractivity contribution in [3.63, 3.8) is 0 Å². The Hall–Kier alpha value is -3.02. The lowest BCUT2D eigenvalue weighted by atomic mass is 9.92. The van der Waals surface area contributed by atoms with Crippen LogP contribution in [0.1, 0.15) is 43.9 Å². The fourth-order valence-electron chi connectivity index (χ4n) is 5.23. The maximum atomic E-state index is 13.9. The molecule has 8 heteroatoms. The molecule has 2 unspecified atom stereocenters. The van der Waals surface area contributed by atoms with Gasteiger partial charge in [-0.1, -0.05) is 82.8 Å². The first-order valence-electron chi connectivity index (χ1n) is 11.1. The number of rotatable bonds is 3. The van der Waals surface area contributed by atoms with E-state index in [1.165, 1.54) is 0 Å². The van der Waals surface area contributed by atoms with Crippen LogP contribution in [0.3, 0.4) is 0 Å². The highest BCUT2D eigenvalue weighted by atomic mass is 35.5. The largest absolute Gasteiger partial charge is 0.297 e. The maximum Gasteiger partial charge on any atom is 0.259 e. The molecule has 0 aliphatic carbocycles. The van der Waals surface area contributed by atoms with Gasteiger partial charge in [0.15, 0.2) is 0 Å². The van der Waals surface area contributed by atoms with E-state index in [2.05, 4.69) is 0 Å². The summed E-state index contributed by atoms with van der Waals surface area (Å²) in [5.41, 5.74) is 3.11. The fraction of sp³-hybridized carbons (Fsp3) is 0.0714. The van der Waals surface area contributed by atoms with Crippen LogP contribution >= 0.6 is 46.4 Å². The number of hydrogen-bond donors (Lipinski definition) is 0. The Morgan fingerprint density at radius 2 is 0.833 bits per heavy atom. The lowest BCUT2D eigenvalue weighted by Gasteiger charge is -2.37. The van der Waals surface area contributed by atoms with E-state index in [4.69, 9.17) is 46.4 Å². The molecule has 2 aliphatic rings. The Bertz CT molecular complexity index is 1450. The van der Waals surface area contributed by atoms with Gasteiger partial charge in [0.25, 0.3) is 11.8 Å². The van der Waals surface area contributed by atoms with Gasteiger partial charge in [0.05, 0.1) is 33.5 Å². The molecule has 0 bridgehead atoms. The highest BCUT2D eigenvalue weighted by Crippen LogP contribution is 2.55. The van der Waals surface area contributed by atoms with Crippen LogP contribution < -0.4 is 9.80 Å². The summed E-state index contributed by atoms with van der Waals surface area (Å²) in [5.74, 6) is -0.532. The number of amides is 2. The normalized spacial score (nSPS) is 18.6. The van der Waals surface area contributed by atoms with Gasteiger partial charge in [0, 0.05) is 32.3 Å². The van der Waals surface area contributed by atoms with Gasteiger partial charge < -0.3 is 0 Å². The molecule has 4 nitrogen and oxygen atoms in total. The van der Waals surface area contributed by atoms with Gasteiger partial charge in [0.1, 0.15) is 0 Å². The highest BCUT2D eigenvalue weighted by molar-refractivity contribution is 6.36. The minimum Gasteiger partial charge on any atom is -0.297 e. The summed E-state index contributed by atoms with van der Waals surface area (Å²) in [4.78, 5) is 31.0. The fourth-order valence-corrected chi connectivity index (χ4v) is 6.26. The monoisotopic (exact) mass is 552 g/mol.